The molecule has 0 aliphatic carbocycles. The fraction of sp³-hybridized carbons (Fsp3) is 0.267. The molecule has 0 radical (unpaired) electrons. The zero-order valence-electron chi connectivity index (χ0n) is 12.1. The Kier molecular flexibility index (Phi) is 6.70. The number of hydrogen-bond acceptors (Lipinski definition) is 5. The molecule has 2 aromatic rings. The monoisotopic (exact) mass is 373 g/mol. The third-order valence-corrected chi connectivity index (χ3v) is 4.21. The van der Waals surface area contributed by atoms with Gasteiger partial charge in [-0.25, -0.2) is 23.1 Å². The van der Waals surface area contributed by atoms with Crippen molar-refractivity contribution in [2.45, 2.75) is 17.2 Å². The van der Waals surface area contributed by atoms with E-state index in [0.29, 0.717) is 9.92 Å². The fourth-order valence-electron chi connectivity index (χ4n) is 1.65. The van der Waals surface area contributed by atoms with E-state index in [2.05, 4.69) is 9.97 Å². The molecule has 24 heavy (non-hydrogen) atoms. The van der Waals surface area contributed by atoms with Gasteiger partial charge >= 0.3 is 6.01 Å². The molecule has 0 saturated heterocycles. The first kappa shape index (κ1) is 18.4. The number of benzene rings is 1. The predicted molar refractivity (Wildman–Crippen MR) is 84.8 cm³/mol. The van der Waals surface area contributed by atoms with E-state index in [0.717, 1.165) is 11.8 Å². The molecule has 1 aromatic carbocycles. The van der Waals surface area contributed by atoms with E-state index in [1.807, 2.05) is 6.07 Å². The van der Waals surface area contributed by atoms with Crippen LogP contribution < -0.4 is 4.74 Å². The Bertz CT molecular complexity index is 727. The highest BCUT2D eigenvalue weighted by Gasteiger charge is 2.22. The minimum Gasteiger partial charge on any atom is -0.423 e. The van der Waals surface area contributed by atoms with Crippen LogP contribution in [-0.4, -0.2) is 34.7 Å². The molecule has 4 nitrogen and oxygen atoms in total. The summed E-state index contributed by atoms with van der Waals surface area (Å²) in [7, 11) is 0. The first-order valence-electron chi connectivity index (χ1n) is 6.70. The van der Waals surface area contributed by atoms with Crippen molar-refractivity contribution in [2.75, 3.05) is 12.4 Å². The van der Waals surface area contributed by atoms with Crippen LogP contribution in [0.4, 0.5) is 13.2 Å². The Hall–Kier alpha value is -1.98. The van der Waals surface area contributed by atoms with Gasteiger partial charge in [0.15, 0.2) is 6.17 Å². The van der Waals surface area contributed by atoms with Crippen LogP contribution in [0.1, 0.15) is 5.56 Å². The number of hydrogen-bond donors (Lipinski definition) is 0. The van der Waals surface area contributed by atoms with Crippen LogP contribution in [0.15, 0.2) is 35.5 Å². The summed E-state index contributed by atoms with van der Waals surface area (Å²) in [6, 6.07) is 6.55. The largest absolute Gasteiger partial charge is 0.423 e. The zero-order valence-corrected chi connectivity index (χ0v) is 13.7. The van der Waals surface area contributed by atoms with Crippen LogP contribution in [0.25, 0.3) is 0 Å². The van der Waals surface area contributed by atoms with E-state index in [9.17, 15) is 18.4 Å². The van der Waals surface area contributed by atoms with Crippen LogP contribution in [0.2, 0.25) is 5.02 Å². The minimum absolute atomic E-state index is 0.0136. The van der Waals surface area contributed by atoms with Gasteiger partial charge in [0.2, 0.25) is 0 Å². The molecule has 0 spiro atoms. The van der Waals surface area contributed by atoms with E-state index in [4.69, 9.17) is 16.3 Å². The Morgan fingerprint density at radius 1 is 1.25 bits per heavy atom. The lowest BCUT2D eigenvalue weighted by atomic mass is 10.2. The maximum atomic E-state index is 13.5. The average molecular weight is 374 g/mol. The summed E-state index contributed by atoms with van der Waals surface area (Å²) in [5.41, 5.74) is 0.217. The van der Waals surface area contributed by atoms with Crippen molar-refractivity contribution < 1.29 is 17.9 Å². The van der Waals surface area contributed by atoms with Gasteiger partial charge in [0.1, 0.15) is 24.7 Å². The van der Waals surface area contributed by atoms with Crippen LogP contribution in [0, 0.1) is 11.3 Å². The second kappa shape index (κ2) is 8.76. The molecule has 2 atom stereocenters. The number of nitrogens with zero attached hydrogens (tertiary/aromatic N) is 3. The smallest absolute Gasteiger partial charge is 0.321 e. The third-order valence-electron chi connectivity index (χ3n) is 2.82. The van der Waals surface area contributed by atoms with E-state index in [1.54, 1.807) is 6.07 Å². The van der Waals surface area contributed by atoms with Gasteiger partial charge < -0.3 is 4.74 Å². The highest BCUT2D eigenvalue weighted by Crippen LogP contribution is 2.35. The van der Waals surface area contributed by atoms with Crippen molar-refractivity contribution in [3.63, 3.8) is 0 Å². The van der Waals surface area contributed by atoms with E-state index in [1.165, 1.54) is 24.5 Å². The summed E-state index contributed by atoms with van der Waals surface area (Å²) in [6.07, 6.45) is -1.53. The highest BCUT2D eigenvalue weighted by molar-refractivity contribution is 7.99. The van der Waals surface area contributed by atoms with Gasteiger partial charge in [-0.15, -0.1) is 11.8 Å². The summed E-state index contributed by atoms with van der Waals surface area (Å²) in [4.78, 5) is 8.03. The summed E-state index contributed by atoms with van der Waals surface area (Å²) in [6.45, 7) is -1.40. The number of nitriles is 1. The Morgan fingerprint density at radius 3 is 2.58 bits per heavy atom. The molecule has 126 valence electrons. The Balaban J connectivity index is 2.22. The zero-order chi connectivity index (χ0) is 17.5. The molecule has 2 rings (SSSR count). The number of thioether (sulfide) groups is 1. The molecule has 1 aromatic heterocycles. The number of halogens is 4. The van der Waals surface area contributed by atoms with Gasteiger partial charge in [-0.3, -0.25) is 0 Å². The quantitative estimate of drug-likeness (QED) is 0.667. The van der Waals surface area contributed by atoms with Gasteiger partial charge in [-0.2, -0.15) is 5.26 Å². The summed E-state index contributed by atoms with van der Waals surface area (Å²) < 4.78 is 44.2. The maximum absolute atomic E-state index is 13.5. The van der Waals surface area contributed by atoms with Crippen molar-refractivity contribution in [1.82, 2.24) is 9.97 Å². The van der Waals surface area contributed by atoms with Crippen LogP contribution in [0.5, 0.6) is 11.8 Å². The van der Waals surface area contributed by atoms with Gasteiger partial charge in [0.05, 0.1) is 27.9 Å². The van der Waals surface area contributed by atoms with Gasteiger partial charge in [0.25, 0.3) is 0 Å². The fourth-order valence-corrected chi connectivity index (χ4v) is 2.80. The molecule has 0 aliphatic rings. The van der Waals surface area contributed by atoms with E-state index in [-0.39, 0.29) is 23.1 Å². The maximum Gasteiger partial charge on any atom is 0.321 e. The summed E-state index contributed by atoms with van der Waals surface area (Å²) in [5.74, 6) is -0.147. The molecular formula is C15H11ClF3N3OS. The van der Waals surface area contributed by atoms with Crippen LogP contribution in [-0.2, 0) is 0 Å². The van der Waals surface area contributed by atoms with E-state index < -0.39 is 19.0 Å². The average Bonchev–Trinajstić information content (AvgIpc) is 2.61. The van der Waals surface area contributed by atoms with Crippen molar-refractivity contribution in [3.05, 3.63) is 41.2 Å². The minimum atomic E-state index is -2.20. The van der Waals surface area contributed by atoms with Gasteiger partial charge in [0, 0.05) is 5.75 Å². The van der Waals surface area contributed by atoms with Crippen molar-refractivity contribution >= 4 is 23.4 Å². The molecule has 2 unspecified atom stereocenters. The molecule has 0 amide bonds. The number of rotatable bonds is 7. The molecule has 0 bridgehead atoms. The molecule has 0 fully saturated rings. The van der Waals surface area contributed by atoms with Crippen LogP contribution in [0.3, 0.4) is 0 Å². The molecule has 9 heteroatoms. The lowest BCUT2D eigenvalue weighted by molar-refractivity contribution is 0.153. The SMILES string of the molecule is N#Cc1cccc(Oc2ncc(Cl)cn2)c1SCC(F)C(F)CF. The second-order valence-electron chi connectivity index (χ2n) is 4.53. The van der Waals surface area contributed by atoms with Crippen LogP contribution >= 0.6 is 23.4 Å². The molecule has 1 heterocycles. The molecule has 0 saturated carbocycles. The second-order valence-corrected chi connectivity index (χ2v) is 5.99. The Morgan fingerprint density at radius 2 is 1.96 bits per heavy atom. The number of ether oxygens (including phenoxy) is 1. The van der Waals surface area contributed by atoms with Crippen molar-refractivity contribution in [1.29, 1.82) is 5.26 Å². The van der Waals surface area contributed by atoms with Gasteiger partial charge in [-0.05, 0) is 12.1 Å². The summed E-state index contributed by atoms with van der Waals surface area (Å²) >= 11 is 6.55. The highest BCUT2D eigenvalue weighted by atomic mass is 35.5. The number of aromatic nitrogens is 2. The van der Waals surface area contributed by atoms with Crippen molar-refractivity contribution in [2.24, 2.45) is 0 Å². The van der Waals surface area contributed by atoms with E-state index >= 15 is 0 Å². The topological polar surface area (TPSA) is 58.8 Å². The normalized spacial score (nSPS) is 13.1. The number of alkyl halides is 3. The molecular weight excluding hydrogens is 363 g/mol. The van der Waals surface area contributed by atoms with Crippen molar-refractivity contribution in [3.8, 4) is 17.8 Å². The molecule has 0 aliphatic heterocycles. The van der Waals surface area contributed by atoms with Gasteiger partial charge in [-0.1, -0.05) is 17.7 Å². The Labute approximate surface area is 145 Å². The predicted octanol–water partition coefficient (Wildman–Crippen LogP) is 4.53. The third kappa shape index (κ3) is 4.76. The lowest BCUT2D eigenvalue weighted by Crippen LogP contribution is -2.21. The lowest BCUT2D eigenvalue weighted by Gasteiger charge is -2.13. The molecule has 0 N–H and O–H groups in total. The first-order valence-corrected chi connectivity index (χ1v) is 8.07. The standard InChI is InChI=1S/C15H11ClF3N3OS/c16-10-6-21-15(22-7-10)23-13-3-1-2-9(5-20)14(13)24-8-12(19)11(18)4-17/h1-3,6-7,11-12H,4,8H2. The summed E-state index contributed by atoms with van der Waals surface area (Å²) in [5, 5.41) is 9.49. The first-order chi connectivity index (χ1) is 11.5.